The van der Waals surface area contributed by atoms with Gasteiger partial charge in [-0.3, -0.25) is 4.99 Å². The molecule has 0 aromatic carbocycles. The fraction of sp³-hybridized carbons (Fsp3) is 0.500. The monoisotopic (exact) mass is 161 g/mol. The maximum absolute atomic E-state index is 4.11. The number of nitrogens with zero attached hydrogens (tertiary/aromatic N) is 1. The van der Waals surface area contributed by atoms with Crippen LogP contribution in [0.25, 0.3) is 0 Å². The first-order valence-electron chi connectivity index (χ1n) is 2.67. The summed E-state index contributed by atoms with van der Waals surface area (Å²) in [5.74, 6) is 0. The van der Waals surface area contributed by atoms with Gasteiger partial charge in [-0.1, -0.05) is 16.9 Å². The fourth-order valence-electron chi connectivity index (χ4n) is 0.322. The zero-order chi connectivity index (χ0) is 7.11. The lowest BCUT2D eigenvalue weighted by atomic mass is 10.7. The Balaban J connectivity index is 3.55. The Morgan fingerprint density at radius 3 is 2.67 bits per heavy atom. The highest BCUT2D eigenvalue weighted by Crippen LogP contribution is 2.18. The van der Waals surface area contributed by atoms with Gasteiger partial charge < -0.3 is 0 Å². The minimum absolute atomic E-state index is 1.10. The second-order valence-corrected chi connectivity index (χ2v) is 3.97. The standard InChI is InChI=1S/C6H11NS2/c1-4-5-7-6(2)9-8-3/h4-5H,1-3H3. The molecule has 0 unspecified atom stereocenters. The van der Waals surface area contributed by atoms with Crippen LogP contribution >= 0.6 is 21.6 Å². The number of aliphatic imine (C=N–C) groups is 1. The third kappa shape index (κ3) is 5.99. The van der Waals surface area contributed by atoms with Crippen molar-refractivity contribution in [3.05, 3.63) is 12.3 Å². The van der Waals surface area contributed by atoms with Crippen LogP contribution in [-0.2, 0) is 0 Å². The molecule has 0 aromatic rings. The van der Waals surface area contributed by atoms with Gasteiger partial charge in [0.1, 0.15) is 0 Å². The first-order chi connectivity index (χ1) is 4.31. The summed E-state index contributed by atoms with van der Waals surface area (Å²) in [5.41, 5.74) is 0. The lowest BCUT2D eigenvalue weighted by Gasteiger charge is -1.89. The van der Waals surface area contributed by atoms with E-state index in [0.717, 1.165) is 5.04 Å². The van der Waals surface area contributed by atoms with Gasteiger partial charge in [-0.05, 0) is 30.9 Å². The van der Waals surface area contributed by atoms with Gasteiger partial charge in [0.25, 0.3) is 0 Å². The summed E-state index contributed by atoms with van der Waals surface area (Å²) in [7, 11) is 3.40. The SMILES string of the molecule is CC=CN=C(C)SSC. The molecule has 0 fully saturated rings. The van der Waals surface area contributed by atoms with Crippen molar-refractivity contribution in [3.63, 3.8) is 0 Å². The molecule has 0 atom stereocenters. The lowest BCUT2D eigenvalue weighted by Crippen LogP contribution is -1.75. The van der Waals surface area contributed by atoms with Gasteiger partial charge in [-0.25, -0.2) is 0 Å². The predicted octanol–water partition coefficient (Wildman–Crippen LogP) is 2.95. The number of hydrogen-bond donors (Lipinski definition) is 0. The summed E-state index contributed by atoms with van der Waals surface area (Å²) in [6, 6.07) is 0. The molecule has 0 aromatic heterocycles. The Bertz CT molecular complexity index is 118. The highest BCUT2D eigenvalue weighted by atomic mass is 33.1. The third-order valence-electron chi connectivity index (χ3n) is 0.609. The van der Waals surface area contributed by atoms with Crippen molar-refractivity contribution in [2.24, 2.45) is 4.99 Å². The van der Waals surface area contributed by atoms with E-state index in [4.69, 9.17) is 0 Å². The minimum atomic E-state index is 1.10. The van der Waals surface area contributed by atoms with Gasteiger partial charge in [0.05, 0.1) is 5.04 Å². The Morgan fingerprint density at radius 2 is 2.22 bits per heavy atom. The molecule has 0 rings (SSSR count). The van der Waals surface area contributed by atoms with Crippen molar-refractivity contribution in [1.29, 1.82) is 0 Å². The van der Waals surface area contributed by atoms with Crippen molar-refractivity contribution >= 4 is 26.6 Å². The highest BCUT2D eigenvalue weighted by Gasteiger charge is 1.84. The molecule has 0 spiro atoms. The molecular weight excluding hydrogens is 150 g/mol. The van der Waals surface area contributed by atoms with E-state index in [1.165, 1.54) is 0 Å². The minimum Gasteiger partial charge on any atom is -0.254 e. The van der Waals surface area contributed by atoms with Crippen LogP contribution in [0.4, 0.5) is 0 Å². The summed E-state index contributed by atoms with van der Waals surface area (Å²) < 4.78 is 0. The number of hydrogen-bond acceptors (Lipinski definition) is 3. The van der Waals surface area contributed by atoms with E-state index in [1.54, 1.807) is 27.8 Å². The molecule has 0 heterocycles. The molecule has 0 N–H and O–H groups in total. The van der Waals surface area contributed by atoms with Crippen molar-refractivity contribution in [2.75, 3.05) is 6.26 Å². The molecule has 0 bridgehead atoms. The zero-order valence-corrected chi connectivity index (χ0v) is 7.55. The van der Waals surface area contributed by atoms with E-state index in [1.807, 2.05) is 26.2 Å². The molecule has 0 saturated carbocycles. The number of allylic oxidation sites excluding steroid dienone is 1. The van der Waals surface area contributed by atoms with Gasteiger partial charge in [0, 0.05) is 6.20 Å². The Labute approximate surface area is 64.4 Å². The van der Waals surface area contributed by atoms with E-state index in [-0.39, 0.29) is 0 Å². The maximum atomic E-state index is 4.11. The Kier molecular flexibility index (Phi) is 6.31. The summed E-state index contributed by atoms with van der Waals surface area (Å²) >= 11 is 0. The number of rotatable bonds is 2. The first-order valence-corrected chi connectivity index (χ1v) is 5.23. The van der Waals surface area contributed by atoms with E-state index in [0.29, 0.717) is 0 Å². The normalized spacial score (nSPS) is 13.0. The average Bonchev–Trinajstić information content (AvgIpc) is 1.85. The van der Waals surface area contributed by atoms with E-state index in [9.17, 15) is 0 Å². The van der Waals surface area contributed by atoms with Crippen LogP contribution in [0.15, 0.2) is 17.3 Å². The van der Waals surface area contributed by atoms with E-state index >= 15 is 0 Å². The van der Waals surface area contributed by atoms with Crippen molar-refractivity contribution in [3.8, 4) is 0 Å². The van der Waals surface area contributed by atoms with Crippen LogP contribution in [-0.4, -0.2) is 11.3 Å². The molecule has 0 aliphatic heterocycles. The molecule has 0 aliphatic rings. The highest BCUT2D eigenvalue weighted by molar-refractivity contribution is 8.82. The molecule has 0 radical (unpaired) electrons. The second kappa shape index (κ2) is 6.23. The van der Waals surface area contributed by atoms with Crippen LogP contribution in [0.5, 0.6) is 0 Å². The van der Waals surface area contributed by atoms with E-state index in [2.05, 4.69) is 4.99 Å². The van der Waals surface area contributed by atoms with Gasteiger partial charge in [-0.2, -0.15) is 0 Å². The molecule has 9 heavy (non-hydrogen) atoms. The Morgan fingerprint density at radius 1 is 1.56 bits per heavy atom. The third-order valence-corrected chi connectivity index (χ3v) is 2.35. The summed E-state index contributed by atoms with van der Waals surface area (Å²) in [5, 5.41) is 1.10. The van der Waals surface area contributed by atoms with Crippen molar-refractivity contribution in [2.45, 2.75) is 13.8 Å². The Hall–Kier alpha value is 0.110. The van der Waals surface area contributed by atoms with Crippen LogP contribution in [0.2, 0.25) is 0 Å². The average molecular weight is 161 g/mol. The topological polar surface area (TPSA) is 12.4 Å². The van der Waals surface area contributed by atoms with Crippen LogP contribution in [0.1, 0.15) is 13.8 Å². The van der Waals surface area contributed by atoms with E-state index < -0.39 is 0 Å². The fourth-order valence-corrected chi connectivity index (χ4v) is 1.52. The predicted molar refractivity (Wildman–Crippen MR) is 49.0 cm³/mol. The molecule has 0 saturated heterocycles. The zero-order valence-electron chi connectivity index (χ0n) is 5.92. The maximum Gasteiger partial charge on any atom is 0.0806 e. The summed E-state index contributed by atoms with van der Waals surface area (Å²) in [6.45, 7) is 3.96. The largest absolute Gasteiger partial charge is 0.254 e. The molecule has 52 valence electrons. The van der Waals surface area contributed by atoms with Crippen LogP contribution < -0.4 is 0 Å². The van der Waals surface area contributed by atoms with Gasteiger partial charge in [0.15, 0.2) is 0 Å². The molecule has 0 aliphatic carbocycles. The summed E-state index contributed by atoms with van der Waals surface area (Å²) in [4.78, 5) is 4.11. The lowest BCUT2D eigenvalue weighted by molar-refractivity contribution is 1.53. The van der Waals surface area contributed by atoms with Gasteiger partial charge >= 0.3 is 0 Å². The summed E-state index contributed by atoms with van der Waals surface area (Å²) in [6.07, 6.45) is 5.77. The van der Waals surface area contributed by atoms with Crippen molar-refractivity contribution < 1.29 is 0 Å². The second-order valence-electron chi connectivity index (χ2n) is 1.38. The first kappa shape index (κ1) is 9.11. The molecule has 0 amide bonds. The van der Waals surface area contributed by atoms with Crippen LogP contribution in [0, 0.1) is 0 Å². The van der Waals surface area contributed by atoms with Gasteiger partial charge in [0.2, 0.25) is 0 Å². The smallest absolute Gasteiger partial charge is 0.0806 e. The molecular formula is C6H11NS2. The van der Waals surface area contributed by atoms with Crippen molar-refractivity contribution in [1.82, 2.24) is 0 Å². The van der Waals surface area contributed by atoms with Gasteiger partial charge in [-0.15, -0.1) is 0 Å². The van der Waals surface area contributed by atoms with Crippen LogP contribution in [0.3, 0.4) is 0 Å². The molecule has 1 nitrogen and oxygen atoms in total. The molecule has 3 heteroatoms. The quantitative estimate of drug-likeness (QED) is 0.351.